The molecule has 0 aliphatic heterocycles. The van der Waals surface area contributed by atoms with Crippen LogP contribution in [-0.2, 0) is 11.2 Å². The first kappa shape index (κ1) is 12.5. The number of benzene rings is 1. The Bertz CT molecular complexity index is 335. The zero-order chi connectivity index (χ0) is 12.0. The molecular formula is C12H18N2O2. The van der Waals surface area contributed by atoms with E-state index in [2.05, 4.69) is 0 Å². The number of carbonyl (C=O) groups is 1. The third-order valence-electron chi connectivity index (χ3n) is 2.40. The molecule has 0 spiro atoms. The summed E-state index contributed by atoms with van der Waals surface area (Å²) in [5.41, 5.74) is 11.7. The average molecular weight is 222 g/mol. The van der Waals surface area contributed by atoms with Gasteiger partial charge in [-0.05, 0) is 31.0 Å². The fraction of sp³-hybridized carbons (Fsp3) is 0.417. The molecule has 88 valence electrons. The number of ether oxygens (including phenoxy) is 1. The Morgan fingerprint density at radius 2 is 2.00 bits per heavy atom. The van der Waals surface area contributed by atoms with Crippen LogP contribution >= 0.6 is 0 Å². The van der Waals surface area contributed by atoms with Crippen LogP contribution in [0, 0.1) is 5.92 Å². The lowest BCUT2D eigenvalue weighted by atomic mass is 9.99. The lowest BCUT2D eigenvalue weighted by molar-refractivity contribution is -0.121. The van der Waals surface area contributed by atoms with Crippen LogP contribution in [0.2, 0.25) is 0 Å². The van der Waals surface area contributed by atoms with Gasteiger partial charge < -0.3 is 16.2 Å². The second-order valence-electron chi connectivity index (χ2n) is 3.62. The van der Waals surface area contributed by atoms with Gasteiger partial charge in [-0.25, -0.2) is 0 Å². The molecular weight excluding hydrogens is 204 g/mol. The maximum Gasteiger partial charge on any atom is 0.222 e. The first-order chi connectivity index (χ1) is 7.67. The van der Waals surface area contributed by atoms with Crippen molar-refractivity contribution in [3.63, 3.8) is 0 Å². The van der Waals surface area contributed by atoms with Crippen molar-refractivity contribution >= 4 is 5.91 Å². The highest BCUT2D eigenvalue weighted by Crippen LogP contribution is 2.14. The molecule has 0 heterocycles. The molecule has 4 N–H and O–H groups in total. The van der Waals surface area contributed by atoms with E-state index < -0.39 is 0 Å². The number of nitrogens with two attached hydrogens (primary N) is 2. The molecule has 4 heteroatoms. The van der Waals surface area contributed by atoms with Crippen molar-refractivity contribution in [2.45, 2.75) is 13.3 Å². The smallest absolute Gasteiger partial charge is 0.222 e. The largest absolute Gasteiger partial charge is 0.494 e. The number of hydrogen-bond acceptors (Lipinski definition) is 3. The number of primary amides is 1. The molecule has 1 amide bonds. The third-order valence-corrected chi connectivity index (χ3v) is 2.40. The van der Waals surface area contributed by atoms with Crippen LogP contribution in [0.3, 0.4) is 0 Å². The Balaban J connectivity index is 2.63. The van der Waals surface area contributed by atoms with Gasteiger partial charge in [-0.1, -0.05) is 12.1 Å². The van der Waals surface area contributed by atoms with Gasteiger partial charge in [0, 0.05) is 6.54 Å². The number of carbonyl (C=O) groups excluding carboxylic acids is 1. The zero-order valence-corrected chi connectivity index (χ0v) is 9.48. The maximum absolute atomic E-state index is 11.0. The summed E-state index contributed by atoms with van der Waals surface area (Å²) in [6.07, 6.45) is 0.582. The molecule has 0 aliphatic carbocycles. The van der Waals surface area contributed by atoms with E-state index in [1.165, 1.54) is 0 Å². The Kier molecular flexibility index (Phi) is 4.79. The second kappa shape index (κ2) is 6.12. The van der Waals surface area contributed by atoms with Crippen molar-refractivity contribution in [2.24, 2.45) is 17.4 Å². The van der Waals surface area contributed by atoms with Crippen LogP contribution in [-0.4, -0.2) is 19.1 Å². The third kappa shape index (κ3) is 3.55. The van der Waals surface area contributed by atoms with Gasteiger partial charge in [0.25, 0.3) is 0 Å². The summed E-state index contributed by atoms with van der Waals surface area (Å²) in [6, 6.07) is 7.62. The molecule has 0 aliphatic rings. The molecule has 1 aromatic carbocycles. The van der Waals surface area contributed by atoms with Crippen molar-refractivity contribution in [3.8, 4) is 5.75 Å². The van der Waals surface area contributed by atoms with E-state index in [0.29, 0.717) is 13.0 Å². The average Bonchev–Trinajstić information content (AvgIpc) is 2.28. The van der Waals surface area contributed by atoms with Gasteiger partial charge in [0.1, 0.15) is 5.75 Å². The van der Waals surface area contributed by atoms with Crippen molar-refractivity contribution in [3.05, 3.63) is 29.8 Å². The molecule has 0 saturated heterocycles. The summed E-state index contributed by atoms with van der Waals surface area (Å²) < 4.78 is 5.32. The summed E-state index contributed by atoms with van der Waals surface area (Å²) in [5.74, 6) is 0.184. The van der Waals surface area contributed by atoms with Crippen molar-refractivity contribution < 1.29 is 9.53 Å². The lowest BCUT2D eigenvalue weighted by Crippen LogP contribution is -2.31. The van der Waals surface area contributed by atoms with E-state index in [1.54, 1.807) is 0 Å². The minimum absolute atomic E-state index is 0.280. The normalized spacial score (nSPS) is 12.1. The van der Waals surface area contributed by atoms with Crippen LogP contribution in [0.25, 0.3) is 0 Å². The highest BCUT2D eigenvalue weighted by Gasteiger charge is 2.13. The Labute approximate surface area is 95.6 Å². The Morgan fingerprint density at radius 3 is 2.44 bits per heavy atom. The maximum atomic E-state index is 11.0. The molecule has 1 aromatic rings. The molecule has 1 unspecified atom stereocenters. The summed E-state index contributed by atoms with van der Waals surface area (Å²) in [5, 5.41) is 0. The summed E-state index contributed by atoms with van der Waals surface area (Å²) in [4.78, 5) is 11.0. The molecule has 0 bridgehead atoms. The predicted octanol–water partition coefficient (Wildman–Crippen LogP) is 0.688. The van der Waals surface area contributed by atoms with Crippen molar-refractivity contribution in [2.75, 3.05) is 13.2 Å². The number of rotatable bonds is 6. The minimum atomic E-state index is -0.351. The number of hydrogen-bond donors (Lipinski definition) is 2. The first-order valence-corrected chi connectivity index (χ1v) is 5.38. The van der Waals surface area contributed by atoms with Crippen LogP contribution in [0.1, 0.15) is 12.5 Å². The molecule has 16 heavy (non-hydrogen) atoms. The molecule has 4 nitrogen and oxygen atoms in total. The van der Waals surface area contributed by atoms with Gasteiger partial charge in [0.2, 0.25) is 5.91 Å². The van der Waals surface area contributed by atoms with Crippen LogP contribution in [0.4, 0.5) is 0 Å². The monoisotopic (exact) mass is 222 g/mol. The van der Waals surface area contributed by atoms with Gasteiger partial charge in [-0.2, -0.15) is 0 Å². The SMILES string of the molecule is CCOc1ccc(CC(CN)C(N)=O)cc1. The van der Waals surface area contributed by atoms with Gasteiger partial charge in [-0.15, -0.1) is 0 Å². The van der Waals surface area contributed by atoms with Gasteiger partial charge >= 0.3 is 0 Å². The van der Waals surface area contributed by atoms with E-state index >= 15 is 0 Å². The van der Waals surface area contributed by atoms with Gasteiger partial charge in [0.15, 0.2) is 0 Å². The fourth-order valence-electron chi connectivity index (χ4n) is 1.47. The zero-order valence-electron chi connectivity index (χ0n) is 9.48. The summed E-state index contributed by atoms with van der Waals surface area (Å²) >= 11 is 0. The summed E-state index contributed by atoms with van der Waals surface area (Å²) in [6.45, 7) is 2.86. The number of amides is 1. The molecule has 0 aromatic heterocycles. The Hall–Kier alpha value is -1.55. The quantitative estimate of drug-likeness (QED) is 0.743. The van der Waals surface area contributed by atoms with Gasteiger partial charge in [-0.3, -0.25) is 4.79 Å². The van der Waals surface area contributed by atoms with Crippen molar-refractivity contribution in [1.82, 2.24) is 0 Å². The van der Waals surface area contributed by atoms with E-state index in [9.17, 15) is 4.79 Å². The van der Waals surface area contributed by atoms with Gasteiger partial charge in [0.05, 0.1) is 12.5 Å². The van der Waals surface area contributed by atoms with Crippen molar-refractivity contribution in [1.29, 1.82) is 0 Å². The second-order valence-corrected chi connectivity index (χ2v) is 3.62. The van der Waals surface area contributed by atoms with Crippen LogP contribution in [0.5, 0.6) is 5.75 Å². The molecule has 1 atom stereocenters. The van der Waals surface area contributed by atoms with Crippen LogP contribution in [0.15, 0.2) is 24.3 Å². The van der Waals surface area contributed by atoms with E-state index in [-0.39, 0.29) is 18.4 Å². The summed E-state index contributed by atoms with van der Waals surface area (Å²) in [7, 11) is 0. The van der Waals surface area contributed by atoms with E-state index in [0.717, 1.165) is 11.3 Å². The lowest BCUT2D eigenvalue weighted by Gasteiger charge is -2.11. The highest BCUT2D eigenvalue weighted by molar-refractivity contribution is 5.77. The van der Waals surface area contributed by atoms with E-state index in [1.807, 2.05) is 31.2 Å². The fourth-order valence-corrected chi connectivity index (χ4v) is 1.47. The van der Waals surface area contributed by atoms with Crippen LogP contribution < -0.4 is 16.2 Å². The molecule has 1 rings (SSSR count). The topological polar surface area (TPSA) is 78.3 Å². The molecule has 0 radical (unpaired) electrons. The van der Waals surface area contributed by atoms with E-state index in [4.69, 9.17) is 16.2 Å². The highest BCUT2D eigenvalue weighted by atomic mass is 16.5. The first-order valence-electron chi connectivity index (χ1n) is 5.38. The standard InChI is InChI=1S/C12H18N2O2/c1-2-16-11-5-3-9(4-6-11)7-10(8-13)12(14)15/h3-6,10H,2,7-8,13H2,1H3,(H2,14,15). The molecule has 0 saturated carbocycles. The molecule has 0 fully saturated rings. The Morgan fingerprint density at radius 1 is 1.38 bits per heavy atom. The predicted molar refractivity (Wildman–Crippen MR) is 63.1 cm³/mol. The minimum Gasteiger partial charge on any atom is -0.494 e.